The molecule has 0 fully saturated rings. The van der Waals surface area contributed by atoms with Crippen LogP contribution in [0.25, 0.3) is 0 Å². The highest BCUT2D eigenvalue weighted by atomic mass is 127. The van der Waals surface area contributed by atoms with Crippen molar-refractivity contribution in [3.05, 3.63) is 65.7 Å². The van der Waals surface area contributed by atoms with E-state index in [0.717, 1.165) is 16.9 Å². The van der Waals surface area contributed by atoms with Crippen LogP contribution in [0.5, 0.6) is 5.75 Å². The first-order chi connectivity index (χ1) is 14.5. The first-order valence-electron chi connectivity index (χ1n) is 10.00. The molecule has 0 saturated carbocycles. The zero-order valence-electron chi connectivity index (χ0n) is 18.6. The fraction of sp³-hybridized carbons (Fsp3) is 0.391. The van der Waals surface area contributed by atoms with Crippen LogP contribution in [0.2, 0.25) is 0 Å². The molecule has 0 spiro atoms. The molecule has 0 saturated heterocycles. The van der Waals surface area contributed by atoms with Gasteiger partial charge in [0.05, 0.1) is 26.4 Å². The fourth-order valence-electron chi connectivity index (χ4n) is 2.62. The number of carbonyl (C=O) groups excluding carboxylic acids is 1. The zero-order valence-corrected chi connectivity index (χ0v) is 21.0. The third-order valence-electron chi connectivity index (χ3n) is 4.49. The third kappa shape index (κ3) is 10.0. The number of nitrogens with zero attached hydrogens (tertiary/aromatic N) is 2. The summed E-state index contributed by atoms with van der Waals surface area (Å²) in [5.74, 6) is 1.35. The normalized spacial score (nSPS) is 11.8. The van der Waals surface area contributed by atoms with Gasteiger partial charge in [-0.2, -0.15) is 0 Å². The highest BCUT2D eigenvalue weighted by Crippen LogP contribution is 2.12. The van der Waals surface area contributed by atoms with E-state index in [1.165, 1.54) is 4.90 Å². The molecule has 2 aromatic rings. The van der Waals surface area contributed by atoms with Crippen LogP contribution >= 0.6 is 24.0 Å². The lowest BCUT2D eigenvalue weighted by atomic mass is 10.1. The van der Waals surface area contributed by atoms with Crippen LogP contribution in [0.4, 0.5) is 0 Å². The van der Waals surface area contributed by atoms with E-state index in [9.17, 15) is 4.79 Å². The summed E-state index contributed by atoms with van der Waals surface area (Å²) >= 11 is 0. The quantitative estimate of drug-likeness (QED) is 0.210. The van der Waals surface area contributed by atoms with Crippen LogP contribution in [-0.4, -0.2) is 57.7 Å². The predicted octanol–water partition coefficient (Wildman–Crippen LogP) is 3.21. The molecule has 2 aromatic carbocycles. The maximum Gasteiger partial charge on any atom is 0.243 e. The highest BCUT2D eigenvalue weighted by Gasteiger charge is 2.09. The Bertz CT molecular complexity index is 798. The number of halogens is 1. The summed E-state index contributed by atoms with van der Waals surface area (Å²) in [5.41, 5.74) is 2.22. The maximum atomic E-state index is 11.9. The van der Waals surface area contributed by atoms with Gasteiger partial charge in [-0.25, -0.2) is 4.99 Å². The predicted molar refractivity (Wildman–Crippen MR) is 135 cm³/mol. The number of hydrogen-bond donors (Lipinski definition) is 2. The van der Waals surface area contributed by atoms with Gasteiger partial charge in [0.15, 0.2) is 5.96 Å². The van der Waals surface area contributed by atoms with Crippen molar-refractivity contribution in [1.82, 2.24) is 15.5 Å². The summed E-state index contributed by atoms with van der Waals surface area (Å²) in [6.07, 6.45) is 0. The number of carbonyl (C=O) groups is 1. The van der Waals surface area contributed by atoms with Crippen molar-refractivity contribution in [2.75, 3.05) is 40.9 Å². The van der Waals surface area contributed by atoms with Gasteiger partial charge in [-0.1, -0.05) is 42.5 Å². The maximum absolute atomic E-state index is 11.9. The lowest BCUT2D eigenvalue weighted by molar-refractivity contribution is -0.127. The number of hydrogen-bond acceptors (Lipinski definition) is 4. The molecule has 1 unspecified atom stereocenters. The smallest absolute Gasteiger partial charge is 0.243 e. The van der Waals surface area contributed by atoms with Crippen molar-refractivity contribution in [2.45, 2.75) is 19.6 Å². The summed E-state index contributed by atoms with van der Waals surface area (Å²) < 4.78 is 10.9. The number of methoxy groups -OCH3 is 1. The van der Waals surface area contributed by atoms with E-state index in [4.69, 9.17) is 9.47 Å². The molecular weight excluding hydrogens is 507 g/mol. The minimum Gasteiger partial charge on any atom is -0.497 e. The Labute approximate surface area is 202 Å². The second-order valence-corrected chi connectivity index (χ2v) is 7.06. The minimum atomic E-state index is -0.0563. The van der Waals surface area contributed by atoms with Crippen LogP contribution in [0.1, 0.15) is 24.1 Å². The number of ether oxygens (including phenoxy) is 2. The molecule has 1 atom stereocenters. The Morgan fingerprint density at radius 3 is 2.39 bits per heavy atom. The van der Waals surface area contributed by atoms with Crippen molar-refractivity contribution in [1.29, 1.82) is 0 Å². The Balaban J connectivity index is 0.00000480. The molecule has 0 heterocycles. The molecular formula is C23H33IN4O3. The zero-order chi connectivity index (χ0) is 21.8. The number of aliphatic imine (C=N–C) groups is 1. The van der Waals surface area contributed by atoms with Crippen LogP contribution in [0.15, 0.2) is 59.6 Å². The van der Waals surface area contributed by atoms with E-state index in [2.05, 4.69) is 34.7 Å². The molecule has 8 heteroatoms. The van der Waals surface area contributed by atoms with Crippen LogP contribution < -0.4 is 15.4 Å². The molecule has 2 N–H and O–H groups in total. The molecule has 7 nitrogen and oxygen atoms in total. The summed E-state index contributed by atoms with van der Waals surface area (Å²) in [4.78, 5) is 17.9. The number of amides is 1. The second-order valence-electron chi connectivity index (χ2n) is 7.06. The van der Waals surface area contributed by atoms with Gasteiger partial charge in [0.1, 0.15) is 12.3 Å². The van der Waals surface area contributed by atoms with E-state index in [1.807, 2.05) is 42.5 Å². The van der Waals surface area contributed by atoms with Gasteiger partial charge in [0.25, 0.3) is 0 Å². The Kier molecular flexibility index (Phi) is 12.6. The summed E-state index contributed by atoms with van der Waals surface area (Å²) in [5, 5.41) is 6.59. The van der Waals surface area contributed by atoms with E-state index >= 15 is 0 Å². The van der Waals surface area contributed by atoms with Gasteiger partial charge in [-0.05, 0) is 30.2 Å². The van der Waals surface area contributed by atoms with Crippen molar-refractivity contribution in [3.63, 3.8) is 0 Å². The molecule has 31 heavy (non-hydrogen) atoms. The standard InChI is InChI=1S/C23H32N4O3.HI/c1-18(20-8-6-5-7-9-20)26-23(25-16-22(28)27(2)3)24-14-15-30-17-19-10-12-21(29-4)13-11-19;/h5-13,18H,14-17H2,1-4H3,(H2,24,25,26);1H. The first-order valence-corrected chi connectivity index (χ1v) is 10.00. The first kappa shape index (κ1) is 26.7. The number of nitrogens with one attached hydrogen (secondary N) is 2. The summed E-state index contributed by atoms with van der Waals surface area (Å²) in [7, 11) is 5.09. The summed E-state index contributed by atoms with van der Waals surface area (Å²) in [6, 6.07) is 17.9. The van der Waals surface area contributed by atoms with Crippen LogP contribution in [0.3, 0.4) is 0 Å². The van der Waals surface area contributed by atoms with Crippen LogP contribution in [0, 0.1) is 0 Å². The van der Waals surface area contributed by atoms with Crippen molar-refractivity contribution >= 4 is 35.8 Å². The van der Waals surface area contributed by atoms with Crippen molar-refractivity contribution < 1.29 is 14.3 Å². The van der Waals surface area contributed by atoms with Crippen molar-refractivity contribution in [2.24, 2.45) is 4.99 Å². The third-order valence-corrected chi connectivity index (χ3v) is 4.49. The molecule has 0 aliphatic heterocycles. The Morgan fingerprint density at radius 1 is 1.10 bits per heavy atom. The van der Waals surface area contributed by atoms with Crippen LogP contribution in [-0.2, 0) is 16.1 Å². The van der Waals surface area contributed by atoms with Gasteiger partial charge in [-0.3, -0.25) is 4.79 Å². The number of rotatable bonds is 10. The number of guanidine groups is 1. The van der Waals surface area contributed by atoms with E-state index in [1.54, 1.807) is 21.2 Å². The molecule has 170 valence electrons. The highest BCUT2D eigenvalue weighted by molar-refractivity contribution is 14.0. The second kappa shape index (κ2) is 14.6. The molecule has 1 amide bonds. The number of likely N-dealkylation sites (N-methyl/N-ethyl adjacent to an activating group) is 1. The number of benzene rings is 2. The van der Waals surface area contributed by atoms with Gasteiger partial charge >= 0.3 is 0 Å². The van der Waals surface area contributed by atoms with E-state index < -0.39 is 0 Å². The molecule has 0 radical (unpaired) electrons. The lowest BCUT2D eigenvalue weighted by Crippen LogP contribution is -2.41. The van der Waals surface area contributed by atoms with Gasteiger partial charge in [0, 0.05) is 20.6 Å². The van der Waals surface area contributed by atoms with E-state index in [-0.39, 0.29) is 42.5 Å². The summed E-state index contributed by atoms with van der Waals surface area (Å²) in [6.45, 7) is 3.73. The largest absolute Gasteiger partial charge is 0.497 e. The SMILES string of the molecule is COc1ccc(COCCNC(=NCC(=O)N(C)C)NC(C)c2ccccc2)cc1.I. The Hall–Kier alpha value is -2.33. The molecule has 0 aliphatic rings. The molecule has 0 aromatic heterocycles. The van der Waals surface area contributed by atoms with Gasteiger partial charge in [0.2, 0.25) is 5.91 Å². The molecule has 0 aliphatic carbocycles. The Morgan fingerprint density at radius 2 is 1.77 bits per heavy atom. The average molecular weight is 540 g/mol. The topological polar surface area (TPSA) is 75.2 Å². The van der Waals surface area contributed by atoms with E-state index in [0.29, 0.717) is 25.7 Å². The average Bonchev–Trinajstić information content (AvgIpc) is 2.77. The van der Waals surface area contributed by atoms with Crippen molar-refractivity contribution in [3.8, 4) is 5.75 Å². The monoisotopic (exact) mass is 540 g/mol. The fourth-order valence-corrected chi connectivity index (χ4v) is 2.62. The molecule has 2 rings (SSSR count). The lowest BCUT2D eigenvalue weighted by Gasteiger charge is -2.19. The molecule has 0 bridgehead atoms. The minimum absolute atomic E-state index is 0. The van der Waals surface area contributed by atoms with Gasteiger partial charge in [-0.15, -0.1) is 24.0 Å². The van der Waals surface area contributed by atoms with Gasteiger partial charge < -0.3 is 25.0 Å².